The summed E-state index contributed by atoms with van der Waals surface area (Å²) in [4.78, 5) is 13.3. The molecule has 0 aliphatic carbocycles. The van der Waals surface area contributed by atoms with E-state index in [-0.39, 0.29) is 12.8 Å². The summed E-state index contributed by atoms with van der Waals surface area (Å²) in [5, 5.41) is 76.6. The Kier molecular flexibility index (Phi) is 59.7. The van der Waals surface area contributed by atoms with Crippen molar-refractivity contribution in [3.05, 3.63) is 12.2 Å². The molecule has 1 amide bonds. The Morgan fingerprint density at radius 2 is 0.702 bits per heavy atom. The molecule has 9 unspecified atom stereocenters. The number of hydrogen-bond donors (Lipinski definition) is 8. The monoisotopic (exact) mass is 1190 g/mol. The van der Waals surface area contributed by atoms with Crippen LogP contribution < -0.4 is 5.32 Å². The third-order valence-electron chi connectivity index (χ3n) is 18.3. The van der Waals surface area contributed by atoms with Gasteiger partial charge < -0.3 is 50.5 Å². The first-order chi connectivity index (χ1) is 41.2. The van der Waals surface area contributed by atoms with E-state index in [1.165, 1.54) is 308 Å². The molecule has 0 spiro atoms. The maximum atomic E-state index is 13.3. The summed E-state index contributed by atoms with van der Waals surface area (Å²) in [7, 11) is 0. The number of hydrogen-bond acceptors (Lipinski definition) is 10. The van der Waals surface area contributed by atoms with Gasteiger partial charge in [0.2, 0.25) is 5.91 Å². The zero-order valence-electron chi connectivity index (χ0n) is 55.4. The number of allylic oxidation sites excluding steroid dienone is 2. The van der Waals surface area contributed by atoms with Gasteiger partial charge in [0.15, 0.2) is 6.29 Å². The van der Waals surface area contributed by atoms with Crippen molar-refractivity contribution < 1.29 is 50.0 Å². The normalized spacial score (nSPS) is 18.9. The van der Waals surface area contributed by atoms with Gasteiger partial charge in [-0.1, -0.05) is 353 Å². The van der Waals surface area contributed by atoms with Crippen LogP contribution in [0.1, 0.15) is 380 Å². The topological polar surface area (TPSA) is 189 Å². The van der Waals surface area contributed by atoms with Crippen LogP contribution in [-0.4, -0.2) is 110 Å². The number of carbonyl (C=O) groups excluding carboxylic acids is 1. The number of rotatable bonds is 66. The third-order valence-corrected chi connectivity index (χ3v) is 18.3. The van der Waals surface area contributed by atoms with Crippen LogP contribution in [-0.2, 0) is 14.3 Å². The van der Waals surface area contributed by atoms with Crippen molar-refractivity contribution >= 4 is 5.91 Å². The number of ether oxygens (including phenoxy) is 2. The second-order valence-electron chi connectivity index (χ2n) is 26.4. The molecule has 9 atom stereocenters. The summed E-state index contributed by atoms with van der Waals surface area (Å²) < 4.78 is 11.2. The molecular weight excluding hydrogens is 1050 g/mol. The van der Waals surface area contributed by atoms with Crippen molar-refractivity contribution in [3.63, 3.8) is 0 Å². The van der Waals surface area contributed by atoms with Crippen molar-refractivity contribution in [2.75, 3.05) is 13.2 Å². The van der Waals surface area contributed by atoms with Gasteiger partial charge in [0.1, 0.15) is 36.6 Å². The fraction of sp³-hybridized carbons (Fsp3) is 0.959. The SMILES string of the molecule is CCCCCCCCCCCCCCCCCCCCCCCCCCCC/C=C/CCCC(O)C(O)C(COC1OC(CO)C(O)C(O)C1O)NC(=O)C(O)CCCCCCCCCCCCCCCCCCCCCCCCCCCC. The minimum atomic E-state index is -1.67. The Labute approximate surface area is 519 Å². The largest absolute Gasteiger partial charge is 0.394 e. The highest BCUT2D eigenvalue weighted by Gasteiger charge is 2.44. The lowest BCUT2D eigenvalue weighted by Crippen LogP contribution is -2.60. The number of aliphatic hydroxyl groups is 7. The molecule has 1 heterocycles. The van der Waals surface area contributed by atoms with Crippen LogP contribution in [0.15, 0.2) is 12.2 Å². The Morgan fingerprint density at radius 1 is 0.405 bits per heavy atom. The minimum absolute atomic E-state index is 0.260. The molecular formula is C73H143NO10. The fourth-order valence-electron chi connectivity index (χ4n) is 12.4. The average Bonchev–Trinajstić information content (AvgIpc) is 3.66. The lowest BCUT2D eigenvalue weighted by Gasteiger charge is -2.40. The summed E-state index contributed by atoms with van der Waals surface area (Å²) in [6, 6.07) is -1.18. The van der Waals surface area contributed by atoms with Crippen LogP contribution in [0.3, 0.4) is 0 Å². The molecule has 0 aromatic carbocycles. The van der Waals surface area contributed by atoms with Crippen LogP contribution >= 0.6 is 0 Å². The van der Waals surface area contributed by atoms with Crippen LogP contribution in [0.25, 0.3) is 0 Å². The van der Waals surface area contributed by atoms with Crippen LogP contribution in [0, 0.1) is 0 Å². The average molecular weight is 1190 g/mol. The van der Waals surface area contributed by atoms with Gasteiger partial charge in [-0.25, -0.2) is 0 Å². The van der Waals surface area contributed by atoms with Gasteiger partial charge in [0, 0.05) is 0 Å². The first kappa shape index (κ1) is 80.9. The van der Waals surface area contributed by atoms with Crippen molar-refractivity contribution in [1.29, 1.82) is 0 Å². The Balaban J connectivity index is 2.18. The standard InChI is InChI=1S/C73H143NO10/c1-3-5-7-9-11-13-15-17-19-21-23-25-27-29-31-32-33-34-35-37-38-40-42-44-46-48-50-52-54-56-58-60-65(76)68(78)64(63-83-73-71(81)70(80)69(79)67(62-75)84-73)74-72(82)66(77)61-59-57-55-53-51-49-47-45-43-41-39-36-30-28-26-24-22-20-18-16-14-12-10-8-6-4-2/h52,54,64-71,73,75-81H,3-51,53,55-63H2,1-2H3,(H,74,82)/b54-52+. The van der Waals surface area contributed by atoms with E-state index in [9.17, 15) is 40.5 Å². The molecule has 11 nitrogen and oxygen atoms in total. The van der Waals surface area contributed by atoms with Crippen molar-refractivity contribution in [3.8, 4) is 0 Å². The molecule has 0 bridgehead atoms. The van der Waals surface area contributed by atoms with Gasteiger partial charge in [-0.05, 0) is 38.5 Å². The van der Waals surface area contributed by atoms with E-state index in [4.69, 9.17) is 9.47 Å². The second-order valence-corrected chi connectivity index (χ2v) is 26.4. The number of amides is 1. The highest BCUT2D eigenvalue weighted by molar-refractivity contribution is 5.80. The Hall–Kier alpha value is -1.15. The maximum absolute atomic E-state index is 13.3. The molecule has 1 saturated heterocycles. The summed E-state index contributed by atoms with van der Waals surface area (Å²) in [6.45, 7) is 3.52. The van der Waals surface area contributed by atoms with E-state index in [1.807, 2.05) is 0 Å². The lowest BCUT2D eigenvalue weighted by molar-refractivity contribution is -0.303. The smallest absolute Gasteiger partial charge is 0.249 e. The zero-order chi connectivity index (χ0) is 61.0. The molecule has 8 N–H and O–H groups in total. The van der Waals surface area contributed by atoms with Crippen LogP contribution in [0.4, 0.5) is 0 Å². The van der Waals surface area contributed by atoms with E-state index in [2.05, 4.69) is 31.3 Å². The van der Waals surface area contributed by atoms with E-state index in [0.29, 0.717) is 12.8 Å². The van der Waals surface area contributed by atoms with E-state index < -0.39 is 74.2 Å². The fourth-order valence-corrected chi connectivity index (χ4v) is 12.4. The number of aliphatic hydroxyl groups excluding tert-OH is 7. The van der Waals surface area contributed by atoms with E-state index in [0.717, 1.165) is 32.1 Å². The van der Waals surface area contributed by atoms with Gasteiger partial charge in [-0.2, -0.15) is 0 Å². The molecule has 84 heavy (non-hydrogen) atoms. The van der Waals surface area contributed by atoms with Gasteiger partial charge in [0.05, 0.1) is 25.4 Å². The Morgan fingerprint density at radius 3 is 1.02 bits per heavy atom. The van der Waals surface area contributed by atoms with E-state index in [1.54, 1.807) is 0 Å². The molecule has 0 aromatic heterocycles. The quantitative estimate of drug-likeness (QED) is 0.0215. The van der Waals surface area contributed by atoms with Crippen LogP contribution in [0.2, 0.25) is 0 Å². The zero-order valence-corrected chi connectivity index (χ0v) is 55.4. The van der Waals surface area contributed by atoms with Gasteiger partial charge in [0.25, 0.3) is 0 Å². The predicted octanol–water partition coefficient (Wildman–Crippen LogP) is 18.2. The summed E-state index contributed by atoms with van der Waals surface area (Å²) in [5.41, 5.74) is 0. The van der Waals surface area contributed by atoms with Crippen molar-refractivity contribution in [2.24, 2.45) is 0 Å². The minimum Gasteiger partial charge on any atom is -0.394 e. The molecule has 500 valence electrons. The van der Waals surface area contributed by atoms with Gasteiger partial charge in [-0.15, -0.1) is 0 Å². The first-order valence-electron chi connectivity index (χ1n) is 37.1. The molecule has 1 fully saturated rings. The number of carbonyl (C=O) groups is 1. The highest BCUT2D eigenvalue weighted by atomic mass is 16.7. The molecule has 1 rings (SSSR count). The van der Waals surface area contributed by atoms with E-state index >= 15 is 0 Å². The molecule has 0 radical (unpaired) electrons. The van der Waals surface area contributed by atoms with Gasteiger partial charge >= 0.3 is 0 Å². The number of unbranched alkanes of at least 4 members (excludes halogenated alkanes) is 52. The molecule has 11 heteroatoms. The molecule has 1 aliphatic heterocycles. The second kappa shape index (κ2) is 62.1. The van der Waals surface area contributed by atoms with Gasteiger partial charge in [-0.3, -0.25) is 4.79 Å². The Bertz CT molecular complexity index is 1370. The highest BCUT2D eigenvalue weighted by Crippen LogP contribution is 2.24. The summed E-state index contributed by atoms with van der Waals surface area (Å²) in [5.74, 6) is -0.697. The summed E-state index contributed by atoms with van der Waals surface area (Å²) in [6.07, 6.45) is 66.0. The van der Waals surface area contributed by atoms with Crippen molar-refractivity contribution in [2.45, 2.75) is 435 Å². The maximum Gasteiger partial charge on any atom is 0.249 e. The lowest BCUT2D eigenvalue weighted by atomic mass is 9.98. The first-order valence-corrected chi connectivity index (χ1v) is 37.1. The third kappa shape index (κ3) is 48.7. The molecule has 0 aromatic rings. The van der Waals surface area contributed by atoms with Crippen molar-refractivity contribution in [1.82, 2.24) is 5.32 Å². The summed E-state index contributed by atoms with van der Waals surface area (Å²) >= 11 is 0. The molecule has 0 saturated carbocycles. The molecule has 1 aliphatic rings. The predicted molar refractivity (Wildman–Crippen MR) is 353 cm³/mol. The van der Waals surface area contributed by atoms with Crippen LogP contribution in [0.5, 0.6) is 0 Å². The number of nitrogens with one attached hydrogen (secondary N) is 1.